The Morgan fingerprint density at radius 3 is 2.47 bits per heavy atom. The number of hydrogen-bond donors (Lipinski definition) is 1. The minimum absolute atomic E-state index is 0.192. The van der Waals surface area contributed by atoms with E-state index in [-0.39, 0.29) is 6.04 Å². The predicted octanol–water partition coefficient (Wildman–Crippen LogP) is 3.57. The first-order valence-corrected chi connectivity index (χ1v) is 7.46. The molecule has 5 heteroatoms. The first-order valence-electron chi connectivity index (χ1n) is 7.46. The summed E-state index contributed by atoms with van der Waals surface area (Å²) in [5.74, 6) is 0. The van der Waals surface area contributed by atoms with Crippen molar-refractivity contribution in [1.29, 1.82) is 0 Å². The van der Waals surface area contributed by atoms with E-state index in [2.05, 4.69) is 19.2 Å². The van der Waals surface area contributed by atoms with Crippen molar-refractivity contribution in [2.24, 2.45) is 0 Å². The van der Waals surface area contributed by atoms with E-state index in [4.69, 9.17) is 0 Å². The molecule has 114 valence electrons. The van der Waals surface area contributed by atoms with Crippen molar-refractivity contribution in [3.05, 3.63) is 0 Å². The summed E-state index contributed by atoms with van der Waals surface area (Å²) in [7, 11) is 0. The van der Waals surface area contributed by atoms with Gasteiger partial charge in [0.2, 0.25) is 0 Å². The summed E-state index contributed by atoms with van der Waals surface area (Å²) >= 11 is 0. The van der Waals surface area contributed by atoms with Gasteiger partial charge in [-0.15, -0.1) is 0 Å². The van der Waals surface area contributed by atoms with Gasteiger partial charge in [-0.05, 0) is 52.1 Å². The zero-order valence-electron chi connectivity index (χ0n) is 12.1. The van der Waals surface area contributed by atoms with Gasteiger partial charge < -0.3 is 5.32 Å². The molecule has 1 N–H and O–H groups in total. The lowest BCUT2D eigenvalue weighted by Crippen LogP contribution is -2.36. The molecule has 19 heavy (non-hydrogen) atoms. The topological polar surface area (TPSA) is 15.3 Å². The maximum atomic E-state index is 12.4. The van der Waals surface area contributed by atoms with Crippen LogP contribution in [-0.4, -0.2) is 42.8 Å². The molecule has 1 fully saturated rings. The zero-order chi connectivity index (χ0) is 14.3. The summed E-state index contributed by atoms with van der Waals surface area (Å²) in [6, 6.07) is 0.661. The van der Waals surface area contributed by atoms with E-state index in [1.807, 2.05) is 0 Å². The highest BCUT2D eigenvalue weighted by molar-refractivity contribution is 4.85. The van der Waals surface area contributed by atoms with Crippen LogP contribution in [0.4, 0.5) is 13.2 Å². The van der Waals surface area contributed by atoms with Crippen LogP contribution >= 0.6 is 0 Å². The number of nitrogens with one attached hydrogen (secondary N) is 1. The van der Waals surface area contributed by atoms with Crippen LogP contribution in [0.15, 0.2) is 0 Å². The van der Waals surface area contributed by atoms with Crippen molar-refractivity contribution in [2.45, 2.75) is 70.6 Å². The molecule has 1 aliphatic carbocycles. The van der Waals surface area contributed by atoms with E-state index in [1.165, 1.54) is 0 Å². The van der Waals surface area contributed by atoms with Crippen molar-refractivity contribution in [3.8, 4) is 0 Å². The third-order valence-electron chi connectivity index (χ3n) is 3.52. The van der Waals surface area contributed by atoms with E-state index in [1.54, 1.807) is 4.90 Å². The largest absolute Gasteiger partial charge is 0.401 e. The first kappa shape index (κ1) is 16.8. The van der Waals surface area contributed by atoms with Crippen LogP contribution in [0.2, 0.25) is 0 Å². The quantitative estimate of drug-likeness (QED) is 0.615. The van der Waals surface area contributed by atoms with Gasteiger partial charge in [0, 0.05) is 12.1 Å². The molecule has 1 atom stereocenters. The molecule has 1 rings (SSSR count). The number of nitrogens with zero attached hydrogens (tertiary/aromatic N) is 1. The van der Waals surface area contributed by atoms with E-state index >= 15 is 0 Å². The number of unbranched alkanes of at least 4 members (excludes halogenated alkanes) is 1. The molecule has 0 aliphatic heterocycles. The molecule has 0 aromatic carbocycles. The van der Waals surface area contributed by atoms with Gasteiger partial charge in [0.1, 0.15) is 0 Å². The molecule has 0 amide bonds. The number of rotatable bonds is 10. The number of alkyl halides is 3. The molecular weight excluding hydrogens is 253 g/mol. The van der Waals surface area contributed by atoms with Crippen molar-refractivity contribution in [1.82, 2.24) is 10.2 Å². The highest BCUT2D eigenvalue weighted by Gasteiger charge is 2.37. The molecule has 0 spiro atoms. The fourth-order valence-electron chi connectivity index (χ4n) is 2.32. The SMILES string of the molecule is CCCNC(C)CCCCN(CC(F)(F)F)C1CC1. The third kappa shape index (κ3) is 8.47. The molecule has 0 radical (unpaired) electrons. The average Bonchev–Trinajstić information content (AvgIpc) is 3.13. The first-order chi connectivity index (χ1) is 8.92. The molecule has 0 aromatic rings. The van der Waals surface area contributed by atoms with Gasteiger partial charge in [-0.1, -0.05) is 13.3 Å². The van der Waals surface area contributed by atoms with Crippen LogP contribution in [0.5, 0.6) is 0 Å². The van der Waals surface area contributed by atoms with Crippen LogP contribution in [0.25, 0.3) is 0 Å². The standard InChI is InChI=1S/C14H27F3N2/c1-3-9-18-12(2)6-4-5-10-19(13-7-8-13)11-14(15,16)17/h12-13,18H,3-11H2,1-2H3. The Morgan fingerprint density at radius 1 is 1.26 bits per heavy atom. The Hall–Kier alpha value is -0.290. The van der Waals surface area contributed by atoms with Gasteiger partial charge in [-0.2, -0.15) is 13.2 Å². The Kier molecular flexibility index (Phi) is 7.15. The highest BCUT2D eigenvalue weighted by Crippen LogP contribution is 2.30. The van der Waals surface area contributed by atoms with Gasteiger partial charge in [0.05, 0.1) is 6.54 Å². The number of hydrogen-bond acceptors (Lipinski definition) is 2. The molecule has 2 nitrogen and oxygen atoms in total. The van der Waals surface area contributed by atoms with Crippen LogP contribution in [0.3, 0.4) is 0 Å². The van der Waals surface area contributed by atoms with E-state index < -0.39 is 12.7 Å². The van der Waals surface area contributed by atoms with Gasteiger partial charge in [-0.3, -0.25) is 4.90 Å². The smallest absolute Gasteiger partial charge is 0.314 e. The van der Waals surface area contributed by atoms with Gasteiger partial charge in [0.15, 0.2) is 0 Å². The Morgan fingerprint density at radius 2 is 1.95 bits per heavy atom. The Bertz CT molecular complexity index is 239. The maximum absolute atomic E-state index is 12.4. The lowest BCUT2D eigenvalue weighted by Gasteiger charge is -2.23. The van der Waals surface area contributed by atoms with Gasteiger partial charge >= 0.3 is 6.18 Å². The monoisotopic (exact) mass is 280 g/mol. The van der Waals surface area contributed by atoms with Gasteiger partial charge in [0.25, 0.3) is 0 Å². The lowest BCUT2D eigenvalue weighted by atomic mass is 10.1. The minimum atomic E-state index is -4.06. The summed E-state index contributed by atoms with van der Waals surface area (Å²) in [5.41, 5.74) is 0. The molecule has 0 bridgehead atoms. The van der Waals surface area contributed by atoms with E-state index in [0.29, 0.717) is 12.6 Å². The summed E-state index contributed by atoms with van der Waals surface area (Å²) in [5, 5.41) is 3.40. The van der Waals surface area contributed by atoms with Crippen molar-refractivity contribution in [3.63, 3.8) is 0 Å². The third-order valence-corrected chi connectivity index (χ3v) is 3.52. The zero-order valence-corrected chi connectivity index (χ0v) is 12.1. The molecule has 0 heterocycles. The predicted molar refractivity (Wildman–Crippen MR) is 72.3 cm³/mol. The summed E-state index contributed by atoms with van der Waals surface area (Å²) < 4.78 is 37.3. The van der Waals surface area contributed by atoms with E-state index in [9.17, 15) is 13.2 Å². The Balaban J connectivity index is 2.11. The minimum Gasteiger partial charge on any atom is -0.314 e. The molecule has 0 saturated heterocycles. The highest BCUT2D eigenvalue weighted by atomic mass is 19.4. The molecule has 1 unspecified atom stereocenters. The second-order valence-electron chi connectivity index (χ2n) is 5.67. The Labute approximate surface area is 114 Å². The van der Waals surface area contributed by atoms with E-state index in [0.717, 1.165) is 45.1 Å². The molecule has 1 aliphatic rings. The number of halogens is 3. The average molecular weight is 280 g/mol. The normalized spacial score (nSPS) is 18.0. The lowest BCUT2D eigenvalue weighted by molar-refractivity contribution is -0.147. The van der Waals surface area contributed by atoms with Crippen LogP contribution < -0.4 is 5.32 Å². The molecule has 1 saturated carbocycles. The summed E-state index contributed by atoms with van der Waals surface area (Å²) in [6.45, 7) is 5.14. The second kappa shape index (κ2) is 8.10. The summed E-state index contributed by atoms with van der Waals surface area (Å²) in [6.07, 6.45) is 1.84. The van der Waals surface area contributed by atoms with Crippen LogP contribution in [0.1, 0.15) is 52.4 Å². The summed E-state index contributed by atoms with van der Waals surface area (Å²) in [4.78, 5) is 1.62. The van der Waals surface area contributed by atoms with Crippen molar-refractivity contribution in [2.75, 3.05) is 19.6 Å². The molecule has 0 aromatic heterocycles. The maximum Gasteiger partial charge on any atom is 0.401 e. The fourth-order valence-corrected chi connectivity index (χ4v) is 2.32. The van der Waals surface area contributed by atoms with Crippen molar-refractivity contribution < 1.29 is 13.2 Å². The van der Waals surface area contributed by atoms with Crippen LogP contribution in [-0.2, 0) is 0 Å². The molecular formula is C14H27F3N2. The van der Waals surface area contributed by atoms with Crippen molar-refractivity contribution >= 4 is 0 Å². The second-order valence-corrected chi connectivity index (χ2v) is 5.67. The fraction of sp³-hybridized carbons (Fsp3) is 1.00. The van der Waals surface area contributed by atoms with Gasteiger partial charge in [-0.25, -0.2) is 0 Å². The van der Waals surface area contributed by atoms with Crippen LogP contribution in [0, 0.1) is 0 Å².